The molecule has 3 aromatic rings. The molecule has 2 amide bonds. The number of cyclic esters (lactones) is 1. The van der Waals surface area contributed by atoms with Crippen molar-refractivity contribution in [1.82, 2.24) is 4.90 Å². The molecular weight excluding hydrogens is 398 g/mol. The minimum Gasteiger partial charge on any atom is -0.447 e. The lowest BCUT2D eigenvalue weighted by molar-refractivity contribution is -0.134. The first-order valence-electron chi connectivity index (χ1n) is 11.4. The van der Waals surface area contributed by atoms with E-state index in [1.54, 1.807) is 0 Å². The zero-order valence-corrected chi connectivity index (χ0v) is 17.8. The average molecular weight is 424 g/mol. The van der Waals surface area contributed by atoms with Crippen molar-refractivity contribution in [3.8, 4) is 0 Å². The molecule has 0 N–H and O–H groups in total. The van der Waals surface area contributed by atoms with Crippen LogP contribution >= 0.6 is 0 Å². The Balaban J connectivity index is 1.33. The molecule has 1 heterocycles. The monoisotopic (exact) mass is 423 g/mol. The highest BCUT2D eigenvalue weighted by Crippen LogP contribution is 2.54. The number of amides is 2. The average Bonchev–Trinajstić information content (AvgIpc) is 3.54. The number of carbonyl (C=O) groups excluding carboxylic acids is 2. The molecule has 1 saturated carbocycles. The van der Waals surface area contributed by atoms with Crippen molar-refractivity contribution < 1.29 is 14.3 Å². The molecular formula is C28H25NO3. The summed E-state index contributed by atoms with van der Waals surface area (Å²) in [6.07, 6.45) is 5.53. The molecule has 0 spiro atoms. The molecule has 3 aliphatic rings. The quantitative estimate of drug-likeness (QED) is 0.533. The molecule has 160 valence electrons. The Bertz CT molecular complexity index is 1220. The third-order valence-electron chi connectivity index (χ3n) is 7.42. The highest BCUT2D eigenvalue weighted by molar-refractivity contribution is 5.96. The van der Waals surface area contributed by atoms with E-state index in [1.165, 1.54) is 21.2 Å². The minimum atomic E-state index is -0.500. The summed E-state index contributed by atoms with van der Waals surface area (Å²) in [4.78, 5) is 28.0. The van der Waals surface area contributed by atoms with Gasteiger partial charge in [-0.05, 0) is 46.6 Å². The fourth-order valence-electron chi connectivity index (χ4n) is 5.96. The van der Waals surface area contributed by atoms with Crippen molar-refractivity contribution in [3.05, 3.63) is 96.1 Å². The molecule has 0 aromatic heterocycles. The number of rotatable bonds is 4. The SMILES string of the molecule is O=C1OC[C@@H](Cc2ccccc2)N1C(=O)C1C(c2ccc3ccccc3c2)[C@H]2C=C[C@H]1C2. The summed E-state index contributed by atoms with van der Waals surface area (Å²) in [6.45, 7) is 0.261. The van der Waals surface area contributed by atoms with Crippen molar-refractivity contribution in [2.24, 2.45) is 17.8 Å². The van der Waals surface area contributed by atoms with Crippen LogP contribution in [0.1, 0.15) is 23.5 Å². The fourth-order valence-corrected chi connectivity index (χ4v) is 5.96. The van der Waals surface area contributed by atoms with Gasteiger partial charge in [-0.1, -0.05) is 84.9 Å². The second-order valence-electron chi connectivity index (χ2n) is 9.24. The maximum absolute atomic E-state index is 13.9. The maximum Gasteiger partial charge on any atom is 0.416 e. The first-order chi connectivity index (χ1) is 15.7. The van der Waals surface area contributed by atoms with E-state index in [0.29, 0.717) is 12.3 Å². The molecule has 6 rings (SSSR count). The Morgan fingerprint density at radius 3 is 2.50 bits per heavy atom. The topological polar surface area (TPSA) is 46.6 Å². The van der Waals surface area contributed by atoms with Gasteiger partial charge in [-0.25, -0.2) is 9.69 Å². The van der Waals surface area contributed by atoms with Crippen molar-refractivity contribution in [2.45, 2.75) is 24.8 Å². The molecule has 2 bridgehead atoms. The number of carbonyl (C=O) groups is 2. The molecule has 4 nitrogen and oxygen atoms in total. The Kier molecular flexibility index (Phi) is 4.60. The van der Waals surface area contributed by atoms with Crippen molar-refractivity contribution >= 4 is 22.8 Å². The molecule has 32 heavy (non-hydrogen) atoms. The van der Waals surface area contributed by atoms with E-state index in [-0.39, 0.29) is 36.3 Å². The highest BCUT2D eigenvalue weighted by Gasteiger charge is 2.52. The van der Waals surface area contributed by atoms with Gasteiger partial charge in [-0.15, -0.1) is 0 Å². The summed E-state index contributed by atoms with van der Waals surface area (Å²) in [6, 6.07) is 24.6. The van der Waals surface area contributed by atoms with E-state index in [4.69, 9.17) is 4.74 Å². The van der Waals surface area contributed by atoms with E-state index in [9.17, 15) is 9.59 Å². The van der Waals surface area contributed by atoms with Crippen LogP contribution in [0.3, 0.4) is 0 Å². The Morgan fingerprint density at radius 2 is 1.66 bits per heavy atom. The Morgan fingerprint density at radius 1 is 0.906 bits per heavy atom. The highest BCUT2D eigenvalue weighted by atomic mass is 16.6. The number of imide groups is 1. The summed E-state index contributed by atoms with van der Waals surface area (Å²) >= 11 is 0. The molecule has 0 radical (unpaired) electrons. The van der Waals surface area contributed by atoms with Crippen LogP contribution in [0.25, 0.3) is 10.8 Å². The largest absolute Gasteiger partial charge is 0.447 e. The molecule has 2 unspecified atom stereocenters. The summed E-state index contributed by atoms with van der Waals surface area (Å²) in [7, 11) is 0. The number of nitrogens with zero attached hydrogens (tertiary/aromatic N) is 1. The molecule has 2 aliphatic carbocycles. The molecule has 3 aromatic carbocycles. The van der Waals surface area contributed by atoms with Crippen LogP contribution in [0.15, 0.2) is 84.9 Å². The maximum atomic E-state index is 13.9. The zero-order valence-electron chi connectivity index (χ0n) is 17.8. The van der Waals surface area contributed by atoms with Gasteiger partial charge in [0, 0.05) is 5.92 Å². The predicted octanol–water partition coefficient (Wildman–Crippen LogP) is 5.34. The number of benzene rings is 3. The van der Waals surface area contributed by atoms with Crippen LogP contribution in [-0.4, -0.2) is 29.5 Å². The molecule has 1 saturated heterocycles. The van der Waals surface area contributed by atoms with Crippen LogP contribution < -0.4 is 0 Å². The first kappa shape index (κ1) is 19.3. The first-order valence-corrected chi connectivity index (χ1v) is 11.4. The second kappa shape index (κ2) is 7.63. The molecule has 2 fully saturated rings. The number of fused-ring (bicyclic) bond motifs is 3. The molecule has 1 aliphatic heterocycles. The van der Waals surface area contributed by atoms with Gasteiger partial charge in [0.15, 0.2) is 0 Å². The van der Waals surface area contributed by atoms with E-state index in [0.717, 1.165) is 12.0 Å². The van der Waals surface area contributed by atoms with Gasteiger partial charge < -0.3 is 4.74 Å². The zero-order chi connectivity index (χ0) is 21.7. The second-order valence-corrected chi connectivity index (χ2v) is 9.24. The van der Waals surface area contributed by atoms with Gasteiger partial charge in [0.25, 0.3) is 0 Å². The van der Waals surface area contributed by atoms with Crippen molar-refractivity contribution in [2.75, 3.05) is 6.61 Å². The predicted molar refractivity (Wildman–Crippen MR) is 123 cm³/mol. The number of hydrogen-bond donors (Lipinski definition) is 0. The standard InChI is InChI=1S/C28H25NO3/c30-27(29-24(17-32-28(29)31)14-18-6-2-1-3-7-18)26-23-13-12-22(16-23)25(26)21-11-10-19-8-4-5-9-20(19)15-21/h1-13,15,22-26H,14,16-17H2/t22-,23-,24+,25?,26?/m0/s1. The molecule has 4 heteroatoms. The van der Waals surface area contributed by atoms with Gasteiger partial charge in [-0.3, -0.25) is 4.79 Å². The summed E-state index contributed by atoms with van der Waals surface area (Å²) in [5, 5.41) is 2.38. The van der Waals surface area contributed by atoms with Gasteiger partial charge in [0.1, 0.15) is 6.61 Å². The summed E-state index contributed by atoms with van der Waals surface area (Å²) < 4.78 is 5.36. The minimum absolute atomic E-state index is 0.0801. The van der Waals surface area contributed by atoms with E-state index in [1.807, 2.05) is 42.5 Å². The lowest BCUT2D eigenvalue weighted by Gasteiger charge is -2.31. The van der Waals surface area contributed by atoms with Gasteiger partial charge in [0.2, 0.25) is 5.91 Å². The number of ether oxygens (including phenoxy) is 1. The Labute approximate surface area is 187 Å². The van der Waals surface area contributed by atoms with Gasteiger partial charge >= 0.3 is 6.09 Å². The third kappa shape index (κ3) is 3.13. The fraction of sp³-hybridized carbons (Fsp3) is 0.286. The Hall–Kier alpha value is -3.40. The number of hydrogen-bond acceptors (Lipinski definition) is 3. The van der Waals surface area contributed by atoms with Crippen LogP contribution in [0.4, 0.5) is 4.79 Å². The van der Waals surface area contributed by atoms with Crippen molar-refractivity contribution in [3.63, 3.8) is 0 Å². The van der Waals surface area contributed by atoms with Crippen molar-refractivity contribution in [1.29, 1.82) is 0 Å². The summed E-state index contributed by atoms with van der Waals surface area (Å²) in [5.74, 6) is 0.294. The van der Waals surface area contributed by atoms with E-state index < -0.39 is 6.09 Å². The smallest absolute Gasteiger partial charge is 0.416 e. The van der Waals surface area contributed by atoms with E-state index >= 15 is 0 Å². The van der Waals surface area contributed by atoms with Gasteiger partial charge in [0.05, 0.1) is 12.0 Å². The lowest BCUT2D eigenvalue weighted by Crippen LogP contribution is -2.46. The van der Waals surface area contributed by atoms with E-state index in [2.05, 4.69) is 42.5 Å². The van der Waals surface area contributed by atoms with Crippen LogP contribution in [0.2, 0.25) is 0 Å². The van der Waals surface area contributed by atoms with Gasteiger partial charge in [-0.2, -0.15) is 0 Å². The summed E-state index contributed by atoms with van der Waals surface area (Å²) in [5.41, 5.74) is 2.29. The normalized spacial score (nSPS) is 28.4. The number of allylic oxidation sites excluding steroid dienone is 2. The third-order valence-corrected chi connectivity index (χ3v) is 7.42. The van der Waals surface area contributed by atoms with Crippen LogP contribution in [-0.2, 0) is 16.0 Å². The van der Waals surface area contributed by atoms with Crippen LogP contribution in [0.5, 0.6) is 0 Å². The van der Waals surface area contributed by atoms with Crippen LogP contribution in [0, 0.1) is 17.8 Å². The molecule has 5 atom stereocenters. The lowest BCUT2D eigenvalue weighted by atomic mass is 9.77.